The number of rotatable bonds is 6. The Bertz CT molecular complexity index is 956. The van der Waals surface area contributed by atoms with Crippen LogP contribution in [0, 0.1) is 23.7 Å². The average Bonchev–Trinajstić information content (AvgIpc) is 2.69. The number of ether oxygens (including phenoxy) is 2. The van der Waals surface area contributed by atoms with Gasteiger partial charge in [-0.15, -0.1) is 0 Å². The fraction of sp³-hybridized carbons (Fsp3) is 0.409. The lowest BCUT2D eigenvalue weighted by atomic mass is 9.93. The van der Waals surface area contributed by atoms with Crippen molar-refractivity contribution >= 4 is 11.6 Å². The summed E-state index contributed by atoms with van der Waals surface area (Å²) in [6.45, 7) is 9.11. The first-order chi connectivity index (χ1) is 13.7. The first kappa shape index (κ1) is 22.2. The van der Waals surface area contributed by atoms with Crippen LogP contribution in [0.1, 0.15) is 44.5 Å². The molecule has 7 nitrogen and oxygen atoms in total. The van der Waals surface area contributed by atoms with Crippen LogP contribution < -0.4 is 14.8 Å². The van der Waals surface area contributed by atoms with E-state index in [1.807, 2.05) is 27.7 Å². The Morgan fingerprint density at radius 3 is 2.55 bits per heavy atom. The molecular weight excluding hydrogens is 370 g/mol. The minimum atomic E-state index is -0.632. The van der Waals surface area contributed by atoms with Crippen LogP contribution in [-0.4, -0.2) is 29.7 Å². The topological polar surface area (TPSA) is 104 Å². The molecule has 0 radical (unpaired) electrons. The lowest BCUT2D eigenvalue weighted by molar-refractivity contribution is -0.123. The molecule has 0 aliphatic heterocycles. The lowest BCUT2D eigenvalue weighted by Crippen LogP contribution is -2.28. The molecule has 29 heavy (non-hydrogen) atoms. The number of amides is 1. The van der Waals surface area contributed by atoms with Crippen molar-refractivity contribution in [1.29, 1.82) is 5.26 Å². The van der Waals surface area contributed by atoms with Crippen LogP contribution in [0.5, 0.6) is 11.6 Å². The molecule has 0 spiro atoms. The van der Waals surface area contributed by atoms with Crippen molar-refractivity contribution in [2.75, 3.05) is 19.0 Å². The minimum Gasteiger partial charge on any atom is -0.496 e. The maximum Gasteiger partial charge on any atom is 0.229 e. The maximum absolute atomic E-state index is 12.8. The van der Waals surface area contributed by atoms with Crippen molar-refractivity contribution in [2.24, 2.45) is 5.41 Å². The molecule has 154 valence electrons. The Hall–Kier alpha value is -3.11. The standard InChI is InChI=1S/C22H27N3O4/c1-7-29-20-18(15-9-8-14(11-23)10-17(15)28-6)19(13(2)16(12-26)24-20)25-21(27)22(3,4)5/h8-10,26H,7,12H2,1-6H3,(H,24,25,27). The number of aliphatic hydroxyl groups is 1. The van der Waals surface area contributed by atoms with Gasteiger partial charge < -0.3 is 19.9 Å². The fourth-order valence-electron chi connectivity index (χ4n) is 2.77. The number of nitrogens with zero attached hydrogens (tertiary/aromatic N) is 2. The van der Waals surface area contributed by atoms with E-state index in [1.54, 1.807) is 25.1 Å². The molecule has 1 amide bonds. The molecule has 2 N–H and O–H groups in total. The summed E-state index contributed by atoms with van der Waals surface area (Å²) in [7, 11) is 1.51. The molecule has 0 aliphatic carbocycles. The molecule has 0 aliphatic rings. The molecule has 7 heteroatoms. The van der Waals surface area contributed by atoms with Gasteiger partial charge in [0.1, 0.15) is 5.75 Å². The van der Waals surface area contributed by atoms with E-state index >= 15 is 0 Å². The monoisotopic (exact) mass is 397 g/mol. The summed E-state index contributed by atoms with van der Waals surface area (Å²) in [5.74, 6) is 0.538. The molecule has 1 aromatic heterocycles. The molecule has 1 aromatic carbocycles. The third-order valence-corrected chi connectivity index (χ3v) is 4.46. The van der Waals surface area contributed by atoms with E-state index in [0.717, 1.165) is 0 Å². The summed E-state index contributed by atoms with van der Waals surface area (Å²) in [6, 6.07) is 7.11. The average molecular weight is 397 g/mol. The summed E-state index contributed by atoms with van der Waals surface area (Å²) >= 11 is 0. The minimum absolute atomic E-state index is 0.188. The lowest BCUT2D eigenvalue weighted by Gasteiger charge is -2.24. The fourth-order valence-corrected chi connectivity index (χ4v) is 2.77. The highest BCUT2D eigenvalue weighted by Crippen LogP contribution is 2.44. The summed E-state index contributed by atoms with van der Waals surface area (Å²) in [6.07, 6.45) is 0. The molecule has 2 rings (SSSR count). The highest BCUT2D eigenvalue weighted by Gasteiger charge is 2.27. The summed E-state index contributed by atoms with van der Waals surface area (Å²) in [5, 5.41) is 22.0. The van der Waals surface area contributed by atoms with Gasteiger partial charge >= 0.3 is 0 Å². The summed E-state index contributed by atoms with van der Waals surface area (Å²) in [4.78, 5) is 17.2. The van der Waals surface area contributed by atoms with Crippen LogP contribution in [0.3, 0.4) is 0 Å². The second kappa shape index (κ2) is 8.93. The van der Waals surface area contributed by atoms with Gasteiger partial charge in [0.05, 0.1) is 48.9 Å². The van der Waals surface area contributed by atoms with Crippen molar-refractivity contribution in [2.45, 2.75) is 41.2 Å². The number of carbonyl (C=O) groups excluding carboxylic acids is 1. The Kier molecular flexibility index (Phi) is 6.83. The predicted molar refractivity (Wildman–Crippen MR) is 111 cm³/mol. The third-order valence-electron chi connectivity index (χ3n) is 4.46. The van der Waals surface area contributed by atoms with Crippen LogP contribution in [-0.2, 0) is 11.4 Å². The Labute approximate surface area is 171 Å². The number of pyridine rings is 1. The molecule has 0 bridgehead atoms. The molecule has 0 atom stereocenters. The van der Waals surface area contributed by atoms with Crippen LogP contribution in [0.4, 0.5) is 5.69 Å². The largest absolute Gasteiger partial charge is 0.496 e. The molecule has 0 saturated carbocycles. The Balaban J connectivity index is 2.86. The van der Waals surface area contributed by atoms with Crippen LogP contribution in [0.25, 0.3) is 11.1 Å². The number of benzene rings is 1. The highest BCUT2D eigenvalue weighted by molar-refractivity contribution is 6.01. The Morgan fingerprint density at radius 1 is 1.34 bits per heavy atom. The van der Waals surface area contributed by atoms with E-state index in [2.05, 4.69) is 16.4 Å². The summed E-state index contributed by atoms with van der Waals surface area (Å²) < 4.78 is 11.3. The van der Waals surface area contributed by atoms with Crippen molar-refractivity contribution in [3.05, 3.63) is 35.0 Å². The third kappa shape index (κ3) is 4.66. The first-order valence-corrected chi connectivity index (χ1v) is 9.35. The molecule has 2 aromatic rings. The highest BCUT2D eigenvalue weighted by atomic mass is 16.5. The first-order valence-electron chi connectivity index (χ1n) is 9.35. The Morgan fingerprint density at radius 2 is 2.03 bits per heavy atom. The molecule has 0 fully saturated rings. The van der Waals surface area contributed by atoms with Crippen molar-refractivity contribution < 1.29 is 19.4 Å². The van der Waals surface area contributed by atoms with Gasteiger partial charge in [0.25, 0.3) is 0 Å². The van der Waals surface area contributed by atoms with E-state index in [9.17, 15) is 15.2 Å². The van der Waals surface area contributed by atoms with Crippen LogP contribution >= 0.6 is 0 Å². The smallest absolute Gasteiger partial charge is 0.229 e. The van der Waals surface area contributed by atoms with E-state index in [4.69, 9.17) is 9.47 Å². The maximum atomic E-state index is 12.8. The van der Waals surface area contributed by atoms with Gasteiger partial charge in [-0.25, -0.2) is 4.98 Å². The number of carbonyl (C=O) groups is 1. The van der Waals surface area contributed by atoms with Gasteiger partial charge in [0.15, 0.2) is 0 Å². The van der Waals surface area contributed by atoms with Gasteiger partial charge in [-0.1, -0.05) is 20.8 Å². The van der Waals surface area contributed by atoms with Gasteiger partial charge in [-0.05, 0) is 37.6 Å². The number of methoxy groups -OCH3 is 1. The zero-order chi connectivity index (χ0) is 21.8. The molecule has 1 heterocycles. The number of aromatic nitrogens is 1. The zero-order valence-electron chi connectivity index (χ0n) is 17.7. The van der Waals surface area contributed by atoms with Gasteiger partial charge in [-0.2, -0.15) is 5.26 Å². The van der Waals surface area contributed by atoms with Crippen molar-refractivity contribution in [1.82, 2.24) is 4.98 Å². The number of nitriles is 1. The van der Waals surface area contributed by atoms with Gasteiger partial charge in [0, 0.05) is 11.0 Å². The SMILES string of the molecule is CCOc1nc(CO)c(C)c(NC(=O)C(C)(C)C)c1-c1ccc(C#N)cc1OC. The van der Waals surface area contributed by atoms with Crippen LogP contribution in [0.2, 0.25) is 0 Å². The zero-order valence-corrected chi connectivity index (χ0v) is 17.7. The normalized spacial score (nSPS) is 11.0. The quantitative estimate of drug-likeness (QED) is 0.768. The van der Waals surface area contributed by atoms with E-state index < -0.39 is 5.41 Å². The van der Waals surface area contributed by atoms with Crippen LogP contribution in [0.15, 0.2) is 18.2 Å². The van der Waals surface area contributed by atoms with E-state index in [0.29, 0.717) is 46.0 Å². The number of hydrogen-bond donors (Lipinski definition) is 2. The van der Waals surface area contributed by atoms with Gasteiger partial charge in [0.2, 0.25) is 11.8 Å². The molecule has 0 saturated heterocycles. The second-order valence-electron chi connectivity index (χ2n) is 7.56. The van der Waals surface area contributed by atoms with Gasteiger partial charge in [-0.3, -0.25) is 4.79 Å². The summed E-state index contributed by atoms with van der Waals surface area (Å²) in [5.41, 5.74) is 2.52. The number of aliphatic hydroxyl groups excluding tert-OH is 1. The second-order valence-corrected chi connectivity index (χ2v) is 7.56. The van der Waals surface area contributed by atoms with E-state index in [-0.39, 0.29) is 18.4 Å². The molecule has 0 unspecified atom stereocenters. The number of anilines is 1. The number of nitrogens with one attached hydrogen (secondary N) is 1. The van der Waals surface area contributed by atoms with Crippen molar-refractivity contribution in [3.8, 4) is 28.8 Å². The predicted octanol–water partition coefficient (Wildman–Crippen LogP) is 3.81. The number of hydrogen-bond acceptors (Lipinski definition) is 6. The molecular formula is C22H27N3O4. The van der Waals surface area contributed by atoms with Crippen molar-refractivity contribution in [3.63, 3.8) is 0 Å². The van der Waals surface area contributed by atoms with E-state index in [1.165, 1.54) is 7.11 Å².